The normalized spacial score (nSPS) is 12.9. The Morgan fingerprint density at radius 1 is 1.29 bits per heavy atom. The van der Waals surface area contributed by atoms with Crippen molar-refractivity contribution in [3.05, 3.63) is 53.8 Å². The quantitative estimate of drug-likeness (QED) is 0.777. The van der Waals surface area contributed by atoms with Crippen LogP contribution in [-0.4, -0.2) is 16.1 Å². The molecule has 2 aromatic heterocycles. The van der Waals surface area contributed by atoms with Crippen LogP contribution in [0.1, 0.15) is 37.0 Å². The van der Waals surface area contributed by atoms with E-state index in [0.29, 0.717) is 0 Å². The Hall–Kier alpha value is -2.07. The highest BCUT2D eigenvalue weighted by Crippen LogP contribution is 2.28. The van der Waals surface area contributed by atoms with E-state index in [0.717, 1.165) is 35.6 Å². The molecule has 2 heterocycles. The topological polar surface area (TPSA) is 43.0 Å². The molecule has 1 unspecified atom stereocenters. The van der Waals surface area contributed by atoms with Gasteiger partial charge in [-0.2, -0.15) is 0 Å². The van der Waals surface area contributed by atoms with Crippen molar-refractivity contribution in [1.29, 1.82) is 0 Å². The molecular formula is C17H21N3O. The molecule has 0 aliphatic carbocycles. The van der Waals surface area contributed by atoms with Gasteiger partial charge in [-0.25, -0.2) is 4.98 Å². The van der Waals surface area contributed by atoms with Crippen molar-refractivity contribution < 1.29 is 4.42 Å². The Labute approximate surface area is 124 Å². The van der Waals surface area contributed by atoms with Crippen molar-refractivity contribution >= 4 is 11.0 Å². The number of hydrogen-bond acceptors (Lipinski definition) is 3. The van der Waals surface area contributed by atoms with E-state index in [9.17, 15) is 0 Å². The molecule has 3 aromatic rings. The maximum absolute atomic E-state index is 6.05. The molecule has 4 heteroatoms. The van der Waals surface area contributed by atoms with Crippen molar-refractivity contribution in [3.63, 3.8) is 0 Å². The van der Waals surface area contributed by atoms with E-state index < -0.39 is 0 Å². The Morgan fingerprint density at radius 2 is 2.14 bits per heavy atom. The fourth-order valence-electron chi connectivity index (χ4n) is 2.70. The first-order valence-corrected chi connectivity index (χ1v) is 7.47. The van der Waals surface area contributed by atoms with E-state index >= 15 is 0 Å². The lowest BCUT2D eigenvalue weighted by atomic mass is 10.1. The molecule has 0 amide bonds. The van der Waals surface area contributed by atoms with Gasteiger partial charge in [0, 0.05) is 24.3 Å². The second-order valence-corrected chi connectivity index (χ2v) is 5.25. The molecule has 0 bridgehead atoms. The van der Waals surface area contributed by atoms with Crippen LogP contribution >= 0.6 is 0 Å². The zero-order valence-electron chi connectivity index (χ0n) is 12.8. The molecule has 0 saturated carbocycles. The van der Waals surface area contributed by atoms with Crippen LogP contribution in [0, 0.1) is 6.92 Å². The highest BCUT2D eigenvalue weighted by atomic mass is 16.3. The van der Waals surface area contributed by atoms with Crippen LogP contribution in [0.15, 0.2) is 41.1 Å². The summed E-state index contributed by atoms with van der Waals surface area (Å²) in [6.45, 7) is 8.07. The van der Waals surface area contributed by atoms with Gasteiger partial charge in [0.1, 0.15) is 23.2 Å². The van der Waals surface area contributed by atoms with Gasteiger partial charge >= 0.3 is 0 Å². The summed E-state index contributed by atoms with van der Waals surface area (Å²) in [5.74, 6) is 1.91. The summed E-state index contributed by atoms with van der Waals surface area (Å²) in [6, 6.07) is 8.36. The maximum Gasteiger partial charge on any atom is 0.134 e. The van der Waals surface area contributed by atoms with E-state index in [2.05, 4.69) is 53.8 Å². The van der Waals surface area contributed by atoms with E-state index in [1.807, 2.05) is 18.5 Å². The lowest BCUT2D eigenvalue weighted by Crippen LogP contribution is -2.24. The van der Waals surface area contributed by atoms with Crippen LogP contribution in [-0.2, 0) is 6.54 Å². The molecule has 3 rings (SSSR count). The number of imidazole rings is 1. The van der Waals surface area contributed by atoms with E-state index in [4.69, 9.17) is 4.42 Å². The van der Waals surface area contributed by atoms with Gasteiger partial charge in [-0.15, -0.1) is 0 Å². The van der Waals surface area contributed by atoms with Crippen LogP contribution < -0.4 is 5.32 Å². The SMILES string of the molecule is CCNC(c1cc2cc(C)ccc2o1)c1nccn1CC. The number of benzene rings is 1. The summed E-state index contributed by atoms with van der Waals surface area (Å²) in [4.78, 5) is 4.51. The molecular weight excluding hydrogens is 262 g/mol. The number of fused-ring (bicyclic) bond motifs is 1. The maximum atomic E-state index is 6.05. The number of aryl methyl sites for hydroxylation is 2. The Bertz CT molecular complexity index is 741. The second kappa shape index (κ2) is 5.74. The summed E-state index contributed by atoms with van der Waals surface area (Å²) >= 11 is 0. The fourth-order valence-corrected chi connectivity index (χ4v) is 2.70. The molecule has 1 N–H and O–H groups in total. The van der Waals surface area contributed by atoms with Crippen LogP contribution in [0.25, 0.3) is 11.0 Å². The first-order valence-electron chi connectivity index (χ1n) is 7.47. The third kappa shape index (κ3) is 2.59. The van der Waals surface area contributed by atoms with Crippen molar-refractivity contribution in [2.75, 3.05) is 6.54 Å². The molecule has 1 aromatic carbocycles. The highest BCUT2D eigenvalue weighted by molar-refractivity contribution is 5.78. The summed E-state index contributed by atoms with van der Waals surface area (Å²) in [5, 5.41) is 4.62. The van der Waals surface area contributed by atoms with E-state index in [1.54, 1.807) is 0 Å². The van der Waals surface area contributed by atoms with Gasteiger partial charge in [0.2, 0.25) is 0 Å². The molecule has 21 heavy (non-hydrogen) atoms. The number of nitrogens with one attached hydrogen (secondary N) is 1. The Balaban J connectivity index is 2.06. The van der Waals surface area contributed by atoms with Gasteiger partial charge in [0.15, 0.2) is 0 Å². The molecule has 0 aliphatic rings. The van der Waals surface area contributed by atoms with Gasteiger partial charge in [0.25, 0.3) is 0 Å². The lowest BCUT2D eigenvalue weighted by Gasteiger charge is -2.16. The average molecular weight is 283 g/mol. The number of nitrogens with zero attached hydrogens (tertiary/aromatic N) is 2. The predicted octanol–water partition coefficient (Wildman–Crippen LogP) is 3.66. The molecule has 4 nitrogen and oxygen atoms in total. The van der Waals surface area contributed by atoms with E-state index in [1.165, 1.54) is 5.56 Å². The van der Waals surface area contributed by atoms with Gasteiger partial charge in [-0.1, -0.05) is 18.6 Å². The minimum Gasteiger partial charge on any atom is -0.459 e. The number of hydrogen-bond donors (Lipinski definition) is 1. The van der Waals surface area contributed by atoms with Gasteiger partial charge in [-0.3, -0.25) is 0 Å². The molecule has 0 saturated heterocycles. The number of aromatic nitrogens is 2. The minimum atomic E-state index is -0.0161. The standard InChI is InChI=1S/C17H21N3O/c1-4-18-16(17-19-8-9-20(17)5-2)15-11-13-10-12(3)6-7-14(13)21-15/h6-11,16,18H,4-5H2,1-3H3. The third-order valence-corrected chi connectivity index (χ3v) is 3.73. The molecule has 110 valence electrons. The highest BCUT2D eigenvalue weighted by Gasteiger charge is 2.21. The predicted molar refractivity (Wildman–Crippen MR) is 84.4 cm³/mol. The molecule has 0 fully saturated rings. The fraction of sp³-hybridized carbons (Fsp3) is 0.353. The number of rotatable bonds is 5. The van der Waals surface area contributed by atoms with E-state index in [-0.39, 0.29) is 6.04 Å². The third-order valence-electron chi connectivity index (χ3n) is 3.73. The summed E-state index contributed by atoms with van der Waals surface area (Å²) in [5.41, 5.74) is 2.16. The first-order chi connectivity index (χ1) is 10.2. The molecule has 0 radical (unpaired) electrons. The largest absolute Gasteiger partial charge is 0.459 e. The summed E-state index contributed by atoms with van der Waals surface area (Å²) < 4.78 is 8.19. The van der Waals surface area contributed by atoms with Crippen LogP contribution in [0.5, 0.6) is 0 Å². The Kier molecular flexibility index (Phi) is 3.80. The summed E-state index contributed by atoms with van der Waals surface area (Å²) in [6.07, 6.45) is 3.85. The average Bonchev–Trinajstić information content (AvgIpc) is 3.10. The van der Waals surface area contributed by atoms with Gasteiger partial charge in [-0.05, 0) is 38.6 Å². The van der Waals surface area contributed by atoms with Crippen molar-refractivity contribution in [1.82, 2.24) is 14.9 Å². The molecule has 0 aliphatic heterocycles. The molecule has 0 spiro atoms. The lowest BCUT2D eigenvalue weighted by molar-refractivity contribution is 0.452. The van der Waals surface area contributed by atoms with Crippen molar-refractivity contribution in [2.45, 2.75) is 33.4 Å². The van der Waals surface area contributed by atoms with Gasteiger partial charge < -0.3 is 14.3 Å². The number of furan rings is 1. The summed E-state index contributed by atoms with van der Waals surface area (Å²) in [7, 11) is 0. The van der Waals surface area contributed by atoms with Crippen LogP contribution in [0.4, 0.5) is 0 Å². The molecule has 1 atom stereocenters. The second-order valence-electron chi connectivity index (χ2n) is 5.25. The minimum absolute atomic E-state index is 0.0161. The first kappa shape index (κ1) is 13.9. The van der Waals surface area contributed by atoms with Crippen LogP contribution in [0.2, 0.25) is 0 Å². The zero-order valence-corrected chi connectivity index (χ0v) is 12.8. The smallest absolute Gasteiger partial charge is 0.134 e. The van der Waals surface area contributed by atoms with Crippen molar-refractivity contribution in [2.24, 2.45) is 0 Å². The zero-order chi connectivity index (χ0) is 14.8. The Morgan fingerprint density at radius 3 is 2.90 bits per heavy atom. The monoisotopic (exact) mass is 283 g/mol. The van der Waals surface area contributed by atoms with Gasteiger partial charge in [0.05, 0.1) is 0 Å². The van der Waals surface area contributed by atoms with Crippen LogP contribution in [0.3, 0.4) is 0 Å². The van der Waals surface area contributed by atoms with Crippen molar-refractivity contribution in [3.8, 4) is 0 Å².